The molecule has 0 radical (unpaired) electrons. The maximum absolute atomic E-state index is 10.7. The van der Waals surface area contributed by atoms with Gasteiger partial charge in [-0.05, 0) is 36.4 Å². The Hall–Kier alpha value is -1.56. The highest BCUT2D eigenvalue weighted by Crippen LogP contribution is 2.29. The maximum atomic E-state index is 10.7. The van der Waals surface area contributed by atoms with E-state index in [9.17, 15) is 10.1 Å². The molecule has 0 atom stereocenters. The van der Waals surface area contributed by atoms with Crippen molar-refractivity contribution in [2.24, 2.45) is 0 Å². The molecule has 0 amide bonds. The fourth-order valence-electron chi connectivity index (χ4n) is 1.88. The Labute approximate surface area is 132 Å². The van der Waals surface area contributed by atoms with Crippen molar-refractivity contribution in [3.63, 3.8) is 0 Å². The highest BCUT2D eigenvalue weighted by molar-refractivity contribution is 7.98. The fraction of sp³-hybridized carbons (Fsp3) is 0.200. The lowest BCUT2D eigenvalue weighted by molar-refractivity contribution is -0.384. The van der Waals surface area contributed by atoms with Gasteiger partial charge in [0.25, 0.3) is 5.69 Å². The number of halogens is 1. The Morgan fingerprint density at radius 2 is 2.10 bits per heavy atom. The molecular formula is C15H15ClN2O2S. The van der Waals surface area contributed by atoms with Crippen LogP contribution in [-0.4, -0.2) is 12.0 Å². The second-order valence-corrected chi connectivity index (χ2v) is 5.96. The average molecular weight is 323 g/mol. The Morgan fingerprint density at radius 1 is 1.29 bits per heavy atom. The summed E-state index contributed by atoms with van der Waals surface area (Å²) in [7, 11) is 1.91. The molecule has 0 bridgehead atoms. The summed E-state index contributed by atoms with van der Waals surface area (Å²) >= 11 is 7.75. The third-order valence-corrected chi connectivity index (χ3v) is 4.32. The van der Waals surface area contributed by atoms with Crippen LogP contribution in [0.15, 0.2) is 47.4 Å². The van der Waals surface area contributed by atoms with E-state index in [4.69, 9.17) is 11.6 Å². The van der Waals surface area contributed by atoms with Gasteiger partial charge in [-0.2, -0.15) is 0 Å². The van der Waals surface area contributed by atoms with E-state index in [2.05, 4.69) is 17.4 Å². The van der Waals surface area contributed by atoms with Gasteiger partial charge >= 0.3 is 0 Å². The molecule has 2 rings (SSSR count). The highest BCUT2D eigenvalue weighted by Gasteiger charge is 2.09. The van der Waals surface area contributed by atoms with Crippen molar-refractivity contribution in [2.75, 3.05) is 7.05 Å². The molecule has 0 heterocycles. The first kappa shape index (κ1) is 15.8. The molecule has 0 saturated carbocycles. The van der Waals surface area contributed by atoms with E-state index in [1.54, 1.807) is 17.8 Å². The minimum absolute atomic E-state index is 0.0183. The molecule has 0 aliphatic heterocycles. The van der Waals surface area contributed by atoms with Gasteiger partial charge in [0.1, 0.15) is 0 Å². The standard InChI is InChI=1S/C15H15ClN2O2S/c1-17-9-11-3-2-4-14(7-11)21-10-12-5-6-13(18(19)20)8-15(12)16/h2-8,17H,9-10H2,1H3. The summed E-state index contributed by atoms with van der Waals surface area (Å²) in [5, 5.41) is 14.2. The Kier molecular flexibility index (Phi) is 5.61. The van der Waals surface area contributed by atoms with Gasteiger partial charge in [0, 0.05) is 29.3 Å². The Balaban J connectivity index is 2.06. The molecule has 1 N–H and O–H groups in total. The lowest BCUT2D eigenvalue weighted by Crippen LogP contribution is -2.04. The summed E-state index contributed by atoms with van der Waals surface area (Å²) in [6.07, 6.45) is 0. The van der Waals surface area contributed by atoms with Crippen LogP contribution >= 0.6 is 23.4 Å². The topological polar surface area (TPSA) is 55.2 Å². The van der Waals surface area contributed by atoms with E-state index in [0.717, 1.165) is 17.0 Å². The van der Waals surface area contributed by atoms with Crippen molar-refractivity contribution in [3.8, 4) is 0 Å². The quantitative estimate of drug-likeness (QED) is 0.490. The maximum Gasteiger partial charge on any atom is 0.270 e. The number of rotatable bonds is 6. The molecule has 2 aromatic carbocycles. The third kappa shape index (κ3) is 4.46. The van der Waals surface area contributed by atoms with E-state index >= 15 is 0 Å². The van der Waals surface area contributed by atoms with E-state index in [1.165, 1.54) is 17.7 Å². The summed E-state index contributed by atoms with van der Waals surface area (Å²) in [6.45, 7) is 0.826. The van der Waals surface area contributed by atoms with Crippen molar-refractivity contribution < 1.29 is 4.92 Å². The number of hydrogen-bond acceptors (Lipinski definition) is 4. The predicted molar refractivity (Wildman–Crippen MR) is 86.9 cm³/mol. The van der Waals surface area contributed by atoms with Crippen LogP contribution in [0.4, 0.5) is 5.69 Å². The number of benzene rings is 2. The molecule has 0 aliphatic carbocycles. The fourth-order valence-corrected chi connectivity index (χ4v) is 3.18. The van der Waals surface area contributed by atoms with Crippen LogP contribution in [0.1, 0.15) is 11.1 Å². The lowest BCUT2D eigenvalue weighted by Gasteiger charge is -2.06. The van der Waals surface area contributed by atoms with E-state index in [0.29, 0.717) is 10.8 Å². The van der Waals surface area contributed by atoms with Crippen LogP contribution in [0.25, 0.3) is 0 Å². The summed E-state index contributed by atoms with van der Waals surface area (Å²) in [6, 6.07) is 12.9. The minimum Gasteiger partial charge on any atom is -0.316 e. The van der Waals surface area contributed by atoms with Crippen molar-refractivity contribution in [3.05, 3.63) is 68.7 Å². The van der Waals surface area contributed by atoms with Crippen molar-refractivity contribution in [1.82, 2.24) is 5.32 Å². The predicted octanol–water partition coefficient (Wildman–Crippen LogP) is 4.26. The van der Waals surface area contributed by atoms with Crippen molar-refractivity contribution in [2.45, 2.75) is 17.2 Å². The Morgan fingerprint density at radius 3 is 2.76 bits per heavy atom. The summed E-state index contributed by atoms with van der Waals surface area (Å²) in [5.74, 6) is 0.680. The number of nitrogens with zero attached hydrogens (tertiary/aromatic N) is 1. The number of thioether (sulfide) groups is 1. The monoisotopic (exact) mass is 322 g/mol. The summed E-state index contributed by atoms with van der Waals surface area (Å²) < 4.78 is 0. The zero-order valence-corrected chi connectivity index (χ0v) is 13.1. The molecule has 0 aliphatic rings. The van der Waals surface area contributed by atoms with Gasteiger partial charge in [-0.15, -0.1) is 11.8 Å². The number of nitro groups is 1. The summed E-state index contributed by atoms with van der Waals surface area (Å²) in [5.41, 5.74) is 2.13. The first-order valence-electron chi connectivity index (χ1n) is 6.39. The summed E-state index contributed by atoms with van der Waals surface area (Å²) in [4.78, 5) is 11.4. The van der Waals surface area contributed by atoms with E-state index in [1.807, 2.05) is 19.2 Å². The lowest BCUT2D eigenvalue weighted by atomic mass is 10.2. The molecule has 0 fully saturated rings. The van der Waals surface area contributed by atoms with Gasteiger partial charge in [-0.25, -0.2) is 0 Å². The van der Waals surface area contributed by atoms with Crippen LogP contribution in [0.5, 0.6) is 0 Å². The van der Waals surface area contributed by atoms with Crippen LogP contribution < -0.4 is 5.32 Å². The van der Waals surface area contributed by atoms with Crippen molar-refractivity contribution in [1.29, 1.82) is 0 Å². The molecule has 110 valence electrons. The number of non-ortho nitro benzene ring substituents is 1. The first-order valence-corrected chi connectivity index (χ1v) is 7.75. The van der Waals surface area contributed by atoms with E-state index < -0.39 is 4.92 Å². The molecule has 0 spiro atoms. The number of hydrogen-bond donors (Lipinski definition) is 1. The second kappa shape index (κ2) is 7.45. The largest absolute Gasteiger partial charge is 0.316 e. The zero-order valence-electron chi connectivity index (χ0n) is 11.5. The molecule has 0 aromatic heterocycles. The molecular weight excluding hydrogens is 308 g/mol. The van der Waals surface area contributed by atoms with Gasteiger partial charge in [0.05, 0.1) is 9.95 Å². The van der Waals surface area contributed by atoms with Crippen LogP contribution in [-0.2, 0) is 12.3 Å². The van der Waals surface area contributed by atoms with E-state index in [-0.39, 0.29) is 5.69 Å². The van der Waals surface area contributed by atoms with Crippen molar-refractivity contribution >= 4 is 29.1 Å². The second-order valence-electron chi connectivity index (χ2n) is 4.50. The van der Waals surface area contributed by atoms with Gasteiger partial charge in [-0.3, -0.25) is 10.1 Å². The van der Waals surface area contributed by atoms with Crippen LogP contribution in [0, 0.1) is 10.1 Å². The molecule has 2 aromatic rings. The normalized spacial score (nSPS) is 10.6. The van der Waals surface area contributed by atoms with Gasteiger partial charge in [0.15, 0.2) is 0 Å². The zero-order chi connectivity index (χ0) is 15.2. The van der Waals surface area contributed by atoms with Crippen LogP contribution in [0.3, 0.4) is 0 Å². The highest BCUT2D eigenvalue weighted by atomic mass is 35.5. The minimum atomic E-state index is -0.440. The SMILES string of the molecule is CNCc1cccc(SCc2ccc([N+](=O)[O-])cc2Cl)c1. The van der Waals surface area contributed by atoms with Gasteiger partial charge < -0.3 is 5.32 Å². The molecule has 0 unspecified atom stereocenters. The van der Waals surface area contributed by atoms with Gasteiger partial charge in [-0.1, -0.05) is 23.7 Å². The first-order chi connectivity index (χ1) is 10.1. The Bertz CT molecular complexity index is 649. The van der Waals surface area contributed by atoms with Crippen LogP contribution in [0.2, 0.25) is 5.02 Å². The van der Waals surface area contributed by atoms with Gasteiger partial charge in [0.2, 0.25) is 0 Å². The third-order valence-electron chi connectivity index (χ3n) is 2.92. The molecule has 4 nitrogen and oxygen atoms in total. The average Bonchev–Trinajstić information content (AvgIpc) is 2.46. The molecule has 6 heteroatoms. The smallest absolute Gasteiger partial charge is 0.270 e. The number of nitrogens with one attached hydrogen (secondary N) is 1. The molecule has 0 saturated heterocycles. The molecule has 21 heavy (non-hydrogen) atoms. The number of nitro benzene ring substituents is 1.